The van der Waals surface area contributed by atoms with E-state index in [-0.39, 0.29) is 23.0 Å². The van der Waals surface area contributed by atoms with E-state index < -0.39 is 11.9 Å². The van der Waals surface area contributed by atoms with Gasteiger partial charge in [-0.2, -0.15) is 0 Å². The molecule has 8 heteroatoms. The summed E-state index contributed by atoms with van der Waals surface area (Å²) < 4.78 is 0. The number of aromatic hydroxyl groups is 4. The molecule has 0 unspecified atom stereocenters. The third kappa shape index (κ3) is 12.1. The molecule has 0 fully saturated rings. The first-order valence-corrected chi connectivity index (χ1v) is 6.30. The summed E-state index contributed by atoms with van der Waals surface area (Å²) in [6.45, 7) is 0. The maximum Gasteiger partial charge on any atom is 0.328 e. The molecule has 2 aromatic carbocycles. The first kappa shape index (κ1) is 20.3. The standard InChI is InChI=1S/2C6H6O2.C4H4O4/c2*7-5-2-1-3-6(8)4-5;5-3(6)1-2-4(7)8/h2*1-4,7-8H;1-2H,(H,5,6)(H,7,8)/b;;2-1-. The predicted octanol–water partition coefficient (Wildman–Crippen LogP) is 1.91. The van der Waals surface area contributed by atoms with E-state index in [1.807, 2.05) is 0 Å². The van der Waals surface area contributed by atoms with E-state index in [1.54, 1.807) is 12.1 Å². The lowest BCUT2D eigenvalue weighted by molar-refractivity contribution is -0.134. The van der Waals surface area contributed by atoms with Crippen molar-refractivity contribution in [3.63, 3.8) is 0 Å². The van der Waals surface area contributed by atoms with E-state index in [2.05, 4.69) is 0 Å². The Kier molecular flexibility index (Phi) is 9.28. The minimum absolute atomic E-state index is 0.0880. The minimum atomic E-state index is -1.26. The second-order valence-corrected chi connectivity index (χ2v) is 4.05. The van der Waals surface area contributed by atoms with Gasteiger partial charge in [0, 0.05) is 24.3 Å². The molecule has 2 rings (SSSR count). The smallest absolute Gasteiger partial charge is 0.328 e. The molecule has 0 aromatic heterocycles. The van der Waals surface area contributed by atoms with Crippen molar-refractivity contribution < 1.29 is 40.2 Å². The van der Waals surface area contributed by atoms with Crippen molar-refractivity contribution in [2.24, 2.45) is 0 Å². The zero-order chi connectivity index (χ0) is 18.5. The van der Waals surface area contributed by atoms with Crippen LogP contribution in [0.2, 0.25) is 0 Å². The number of carboxylic acid groups (broad SMARTS) is 2. The van der Waals surface area contributed by atoms with E-state index in [4.69, 9.17) is 30.6 Å². The molecule has 6 N–H and O–H groups in total. The SMILES string of the molecule is O=C(O)/C=C\C(=O)O.Oc1cccc(O)c1.Oc1cccc(O)c1. The van der Waals surface area contributed by atoms with Gasteiger partial charge in [-0.05, 0) is 24.3 Å². The third-order valence-electron chi connectivity index (χ3n) is 2.03. The molecule has 0 spiro atoms. The fourth-order valence-electron chi connectivity index (χ4n) is 1.13. The molecule has 0 amide bonds. The summed E-state index contributed by atoms with van der Waals surface area (Å²) in [6.07, 6.45) is 1.12. The Morgan fingerprint density at radius 2 is 0.875 bits per heavy atom. The predicted molar refractivity (Wildman–Crippen MR) is 84.0 cm³/mol. The van der Waals surface area contributed by atoms with Crippen LogP contribution in [0.1, 0.15) is 0 Å². The number of rotatable bonds is 2. The second kappa shape index (κ2) is 11.0. The average Bonchev–Trinajstić information content (AvgIpc) is 2.46. The van der Waals surface area contributed by atoms with E-state index >= 15 is 0 Å². The molecule has 24 heavy (non-hydrogen) atoms. The van der Waals surface area contributed by atoms with Crippen LogP contribution in [0.5, 0.6) is 23.0 Å². The van der Waals surface area contributed by atoms with Crippen LogP contribution in [0.25, 0.3) is 0 Å². The van der Waals surface area contributed by atoms with Crippen molar-refractivity contribution in [3.05, 3.63) is 60.7 Å². The largest absolute Gasteiger partial charge is 0.508 e. The fraction of sp³-hybridized carbons (Fsp3) is 0. The van der Waals surface area contributed by atoms with Gasteiger partial charge in [-0.3, -0.25) is 0 Å². The van der Waals surface area contributed by atoms with Crippen LogP contribution < -0.4 is 0 Å². The number of phenolic OH excluding ortho intramolecular Hbond substituents is 4. The highest BCUT2D eigenvalue weighted by Gasteiger charge is 1.88. The molecule has 0 aliphatic rings. The van der Waals surface area contributed by atoms with Crippen molar-refractivity contribution in [1.29, 1.82) is 0 Å². The first-order valence-electron chi connectivity index (χ1n) is 6.30. The molecule has 2 aromatic rings. The monoisotopic (exact) mass is 336 g/mol. The molecule has 0 aliphatic heterocycles. The number of benzene rings is 2. The van der Waals surface area contributed by atoms with Crippen LogP contribution in [0.15, 0.2) is 60.7 Å². The zero-order valence-electron chi connectivity index (χ0n) is 12.3. The summed E-state index contributed by atoms with van der Waals surface area (Å²) in [5.74, 6) is -2.16. The van der Waals surface area contributed by atoms with Gasteiger partial charge in [-0.1, -0.05) is 12.1 Å². The minimum Gasteiger partial charge on any atom is -0.508 e. The topological polar surface area (TPSA) is 156 Å². The van der Waals surface area contributed by atoms with E-state index in [0.29, 0.717) is 12.2 Å². The van der Waals surface area contributed by atoms with Gasteiger partial charge >= 0.3 is 11.9 Å². The summed E-state index contributed by atoms with van der Waals surface area (Å²) in [4.78, 5) is 19.1. The van der Waals surface area contributed by atoms with Gasteiger partial charge in [0.1, 0.15) is 23.0 Å². The van der Waals surface area contributed by atoms with Gasteiger partial charge in [-0.15, -0.1) is 0 Å². The molecule has 0 bridgehead atoms. The van der Waals surface area contributed by atoms with E-state index in [1.165, 1.54) is 36.4 Å². The van der Waals surface area contributed by atoms with Gasteiger partial charge in [0.25, 0.3) is 0 Å². The number of hydrogen-bond donors (Lipinski definition) is 6. The van der Waals surface area contributed by atoms with Crippen molar-refractivity contribution in [3.8, 4) is 23.0 Å². The number of carbonyl (C=O) groups is 2. The number of carboxylic acids is 2. The van der Waals surface area contributed by atoms with Gasteiger partial charge in [0.15, 0.2) is 0 Å². The Hall–Kier alpha value is -3.68. The van der Waals surface area contributed by atoms with Crippen molar-refractivity contribution in [2.75, 3.05) is 0 Å². The highest BCUT2D eigenvalue weighted by Crippen LogP contribution is 2.15. The molecular weight excluding hydrogens is 320 g/mol. The summed E-state index contributed by atoms with van der Waals surface area (Å²) in [6, 6.07) is 11.7. The summed E-state index contributed by atoms with van der Waals surface area (Å²) in [5.41, 5.74) is 0. The molecular formula is C16H16O8. The molecule has 0 aliphatic carbocycles. The quantitative estimate of drug-likeness (QED) is 0.454. The Morgan fingerprint density at radius 3 is 1.00 bits per heavy atom. The summed E-state index contributed by atoms with van der Waals surface area (Å²) in [7, 11) is 0. The summed E-state index contributed by atoms with van der Waals surface area (Å²) in [5, 5.41) is 50.2. The number of hydrogen-bond acceptors (Lipinski definition) is 6. The molecule has 0 saturated heterocycles. The van der Waals surface area contributed by atoms with Gasteiger partial charge in [-0.25, -0.2) is 9.59 Å². The van der Waals surface area contributed by atoms with Crippen molar-refractivity contribution >= 4 is 11.9 Å². The van der Waals surface area contributed by atoms with Crippen LogP contribution in [-0.4, -0.2) is 42.6 Å². The molecule has 0 saturated carbocycles. The van der Waals surface area contributed by atoms with Gasteiger partial charge in [0.2, 0.25) is 0 Å². The molecule has 128 valence electrons. The fourth-order valence-corrected chi connectivity index (χ4v) is 1.13. The lowest BCUT2D eigenvalue weighted by Gasteiger charge is -1.89. The lowest BCUT2D eigenvalue weighted by atomic mass is 10.3. The number of phenols is 4. The van der Waals surface area contributed by atoms with E-state index in [0.717, 1.165) is 0 Å². The first-order chi connectivity index (χ1) is 11.2. The van der Waals surface area contributed by atoms with Gasteiger partial charge < -0.3 is 30.6 Å². The van der Waals surface area contributed by atoms with Crippen LogP contribution in [0.3, 0.4) is 0 Å². The Balaban J connectivity index is 0.000000331. The molecule has 0 radical (unpaired) electrons. The average molecular weight is 336 g/mol. The molecule has 0 atom stereocenters. The van der Waals surface area contributed by atoms with Crippen LogP contribution >= 0.6 is 0 Å². The van der Waals surface area contributed by atoms with Crippen LogP contribution in [0, 0.1) is 0 Å². The highest BCUT2D eigenvalue weighted by atomic mass is 16.4. The van der Waals surface area contributed by atoms with Crippen molar-refractivity contribution in [2.45, 2.75) is 0 Å². The zero-order valence-corrected chi connectivity index (χ0v) is 12.3. The second-order valence-electron chi connectivity index (χ2n) is 4.05. The lowest BCUT2D eigenvalue weighted by Crippen LogP contribution is -1.91. The third-order valence-corrected chi connectivity index (χ3v) is 2.03. The van der Waals surface area contributed by atoms with Crippen molar-refractivity contribution in [1.82, 2.24) is 0 Å². The number of aliphatic carboxylic acids is 2. The van der Waals surface area contributed by atoms with E-state index in [9.17, 15) is 9.59 Å². The maximum atomic E-state index is 9.55. The highest BCUT2D eigenvalue weighted by molar-refractivity contribution is 5.89. The molecule has 8 nitrogen and oxygen atoms in total. The Bertz CT molecular complexity index is 600. The Labute approximate surface area is 136 Å². The Morgan fingerprint density at radius 1 is 0.625 bits per heavy atom. The maximum absolute atomic E-state index is 9.55. The van der Waals surface area contributed by atoms with Crippen LogP contribution in [0.4, 0.5) is 0 Å². The van der Waals surface area contributed by atoms with Crippen LogP contribution in [-0.2, 0) is 9.59 Å². The van der Waals surface area contributed by atoms with Gasteiger partial charge in [0.05, 0.1) is 0 Å². The molecule has 0 heterocycles. The summed E-state index contributed by atoms with van der Waals surface area (Å²) >= 11 is 0. The normalized spacial score (nSPS) is 9.17.